The van der Waals surface area contributed by atoms with E-state index in [1.54, 1.807) is 0 Å². The highest BCUT2D eigenvalue weighted by Crippen LogP contribution is 2.33. The maximum Gasteiger partial charge on any atom is 0.147 e. The molecule has 2 aliphatic heterocycles. The number of halogens is 1. The van der Waals surface area contributed by atoms with Crippen molar-refractivity contribution in [1.29, 1.82) is 0 Å². The molecule has 28 heavy (non-hydrogen) atoms. The Hall–Kier alpha value is -2.44. The number of hydrogen-bond acceptors (Lipinski definition) is 5. The summed E-state index contributed by atoms with van der Waals surface area (Å²) < 4.78 is 2.01. The molecule has 0 radical (unpaired) electrons. The van der Waals surface area contributed by atoms with Crippen LogP contribution < -0.4 is 4.90 Å². The SMILES string of the molecule is Clc1ccc(-c2cnc(N3CC4CN(CCn5cccn5)CC4C3)cn2)cc1. The first kappa shape index (κ1) is 17.6. The highest BCUT2D eigenvalue weighted by atomic mass is 35.5. The molecule has 2 fully saturated rings. The minimum absolute atomic E-state index is 0.718. The van der Waals surface area contributed by atoms with Crippen molar-refractivity contribution in [2.24, 2.45) is 11.8 Å². The highest BCUT2D eigenvalue weighted by Gasteiger charge is 2.40. The molecule has 0 saturated carbocycles. The average molecular weight is 395 g/mol. The molecular formula is C21H23ClN6. The Morgan fingerprint density at radius 3 is 2.36 bits per heavy atom. The summed E-state index contributed by atoms with van der Waals surface area (Å²) in [5.74, 6) is 2.42. The largest absolute Gasteiger partial charge is 0.355 e. The lowest BCUT2D eigenvalue weighted by molar-refractivity contribution is 0.296. The molecule has 4 heterocycles. The third-order valence-electron chi connectivity index (χ3n) is 5.87. The van der Waals surface area contributed by atoms with Crippen molar-refractivity contribution in [2.75, 3.05) is 37.6 Å². The molecule has 6 nitrogen and oxygen atoms in total. The monoisotopic (exact) mass is 394 g/mol. The van der Waals surface area contributed by atoms with Crippen molar-refractivity contribution in [2.45, 2.75) is 6.54 Å². The minimum atomic E-state index is 0.718. The van der Waals surface area contributed by atoms with Gasteiger partial charge in [0.15, 0.2) is 0 Å². The summed E-state index contributed by atoms with van der Waals surface area (Å²) in [6.45, 7) is 6.51. The van der Waals surface area contributed by atoms with Crippen LogP contribution in [-0.4, -0.2) is 57.4 Å². The van der Waals surface area contributed by atoms with Gasteiger partial charge in [0.25, 0.3) is 0 Å². The molecule has 2 saturated heterocycles. The van der Waals surface area contributed by atoms with Gasteiger partial charge in [0, 0.05) is 55.7 Å². The number of benzene rings is 1. The van der Waals surface area contributed by atoms with Gasteiger partial charge in [-0.1, -0.05) is 23.7 Å². The van der Waals surface area contributed by atoms with E-state index in [0.717, 1.165) is 60.1 Å². The van der Waals surface area contributed by atoms with Gasteiger partial charge in [0.1, 0.15) is 5.82 Å². The predicted octanol–water partition coefficient (Wildman–Crippen LogP) is 3.06. The molecule has 2 unspecified atom stereocenters. The Kier molecular flexibility index (Phi) is 4.74. The fourth-order valence-electron chi connectivity index (χ4n) is 4.39. The first-order valence-corrected chi connectivity index (χ1v) is 10.1. The predicted molar refractivity (Wildman–Crippen MR) is 110 cm³/mol. The van der Waals surface area contributed by atoms with E-state index in [2.05, 4.69) is 24.9 Å². The molecule has 0 aliphatic carbocycles. The number of anilines is 1. The zero-order valence-corrected chi connectivity index (χ0v) is 16.4. The van der Waals surface area contributed by atoms with E-state index in [0.29, 0.717) is 0 Å². The number of nitrogens with zero attached hydrogens (tertiary/aromatic N) is 6. The smallest absolute Gasteiger partial charge is 0.147 e. The zero-order chi connectivity index (χ0) is 18.9. The molecule has 2 aromatic heterocycles. The number of likely N-dealkylation sites (tertiary alicyclic amines) is 1. The van der Waals surface area contributed by atoms with E-state index in [9.17, 15) is 0 Å². The van der Waals surface area contributed by atoms with Crippen LogP contribution in [0.4, 0.5) is 5.82 Å². The number of aromatic nitrogens is 4. The third-order valence-corrected chi connectivity index (χ3v) is 6.12. The minimum Gasteiger partial charge on any atom is -0.355 e. The Bertz CT molecular complexity index is 895. The molecule has 0 spiro atoms. The van der Waals surface area contributed by atoms with Crippen LogP contribution in [0.2, 0.25) is 5.02 Å². The zero-order valence-electron chi connectivity index (χ0n) is 15.7. The molecule has 2 aliphatic rings. The van der Waals surface area contributed by atoms with Crippen LogP contribution in [0.25, 0.3) is 11.3 Å². The number of rotatable bonds is 5. The molecule has 0 bridgehead atoms. The Morgan fingerprint density at radius 1 is 0.929 bits per heavy atom. The topological polar surface area (TPSA) is 50.1 Å². The molecular weight excluding hydrogens is 372 g/mol. The van der Waals surface area contributed by atoms with Crippen LogP contribution in [-0.2, 0) is 6.54 Å². The van der Waals surface area contributed by atoms with E-state index in [-0.39, 0.29) is 0 Å². The van der Waals surface area contributed by atoms with Gasteiger partial charge in [-0.2, -0.15) is 5.10 Å². The van der Waals surface area contributed by atoms with Gasteiger partial charge in [0.2, 0.25) is 0 Å². The Labute approximate surface area is 169 Å². The van der Waals surface area contributed by atoms with Crippen LogP contribution >= 0.6 is 11.6 Å². The van der Waals surface area contributed by atoms with Gasteiger partial charge < -0.3 is 9.80 Å². The molecule has 144 valence electrons. The summed E-state index contributed by atoms with van der Waals surface area (Å²) in [4.78, 5) is 14.3. The van der Waals surface area contributed by atoms with Gasteiger partial charge in [-0.05, 0) is 30.0 Å². The number of hydrogen-bond donors (Lipinski definition) is 0. The highest BCUT2D eigenvalue weighted by molar-refractivity contribution is 6.30. The van der Waals surface area contributed by atoms with Gasteiger partial charge in [-0.15, -0.1) is 0 Å². The molecule has 0 N–H and O–H groups in total. The molecule has 2 atom stereocenters. The molecule has 7 heteroatoms. The van der Waals surface area contributed by atoms with Crippen LogP contribution in [0, 0.1) is 11.8 Å². The summed E-state index contributed by atoms with van der Waals surface area (Å²) in [6.07, 6.45) is 7.64. The maximum atomic E-state index is 5.96. The van der Waals surface area contributed by atoms with Crippen molar-refractivity contribution in [3.05, 3.63) is 60.1 Å². The summed E-state index contributed by atoms with van der Waals surface area (Å²) in [6, 6.07) is 9.70. The summed E-state index contributed by atoms with van der Waals surface area (Å²) in [5.41, 5.74) is 1.92. The van der Waals surface area contributed by atoms with Crippen molar-refractivity contribution in [3.63, 3.8) is 0 Å². The van der Waals surface area contributed by atoms with Gasteiger partial charge >= 0.3 is 0 Å². The average Bonchev–Trinajstić information content (AvgIpc) is 3.44. The first-order chi connectivity index (χ1) is 13.7. The molecule has 5 rings (SSSR count). The van der Waals surface area contributed by atoms with Crippen LogP contribution in [0.1, 0.15) is 0 Å². The fourth-order valence-corrected chi connectivity index (χ4v) is 4.52. The molecule has 0 amide bonds. The van der Waals surface area contributed by atoms with Crippen molar-refractivity contribution >= 4 is 17.4 Å². The second-order valence-electron chi connectivity index (χ2n) is 7.72. The second kappa shape index (κ2) is 7.53. The van der Waals surface area contributed by atoms with Gasteiger partial charge in [-0.3, -0.25) is 9.67 Å². The van der Waals surface area contributed by atoms with E-state index in [1.165, 1.54) is 13.1 Å². The lowest BCUT2D eigenvalue weighted by atomic mass is 10.0. The summed E-state index contributed by atoms with van der Waals surface area (Å²) in [5, 5.41) is 5.03. The van der Waals surface area contributed by atoms with E-state index < -0.39 is 0 Å². The Morgan fingerprint density at radius 2 is 1.71 bits per heavy atom. The Balaban J connectivity index is 1.18. The quantitative estimate of drug-likeness (QED) is 0.665. The van der Waals surface area contributed by atoms with E-state index >= 15 is 0 Å². The van der Waals surface area contributed by atoms with Gasteiger partial charge in [-0.25, -0.2) is 4.98 Å². The van der Waals surface area contributed by atoms with E-state index in [1.807, 2.05) is 59.8 Å². The second-order valence-corrected chi connectivity index (χ2v) is 8.16. The van der Waals surface area contributed by atoms with Crippen LogP contribution in [0.15, 0.2) is 55.1 Å². The first-order valence-electron chi connectivity index (χ1n) is 9.77. The fraction of sp³-hybridized carbons (Fsp3) is 0.381. The lowest BCUT2D eigenvalue weighted by Crippen LogP contribution is -2.31. The molecule has 3 aromatic rings. The third kappa shape index (κ3) is 3.62. The number of fused-ring (bicyclic) bond motifs is 1. The van der Waals surface area contributed by atoms with Crippen molar-refractivity contribution in [1.82, 2.24) is 24.6 Å². The van der Waals surface area contributed by atoms with Crippen molar-refractivity contribution in [3.8, 4) is 11.3 Å². The summed E-state index contributed by atoms with van der Waals surface area (Å²) in [7, 11) is 0. The van der Waals surface area contributed by atoms with Crippen molar-refractivity contribution < 1.29 is 0 Å². The van der Waals surface area contributed by atoms with E-state index in [4.69, 9.17) is 11.6 Å². The normalized spacial score (nSPS) is 22.0. The summed E-state index contributed by atoms with van der Waals surface area (Å²) >= 11 is 5.96. The van der Waals surface area contributed by atoms with Gasteiger partial charge in [0.05, 0.1) is 24.6 Å². The van der Waals surface area contributed by atoms with Crippen LogP contribution in [0.3, 0.4) is 0 Å². The maximum absolute atomic E-state index is 5.96. The molecule has 1 aromatic carbocycles. The lowest BCUT2D eigenvalue weighted by Gasteiger charge is -2.22. The standard InChI is InChI=1S/C21H23ClN6/c22-19-4-2-16(3-5-19)20-10-24-21(11-23-20)27-14-17-12-26(13-18(17)15-27)8-9-28-7-1-6-25-28/h1-7,10-11,17-18H,8-9,12-15H2. The van der Waals surface area contributed by atoms with Crippen LogP contribution in [0.5, 0.6) is 0 Å².